The van der Waals surface area contributed by atoms with Crippen LogP contribution < -0.4 is 4.74 Å². The van der Waals surface area contributed by atoms with E-state index in [-0.39, 0.29) is 4.90 Å². The third-order valence-corrected chi connectivity index (χ3v) is 3.63. The van der Waals surface area contributed by atoms with E-state index in [4.69, 9.17) is 4.74 Å². The number of sulfonamides is 1. The normalized spacial score (nSPS) is 11.7. The van der Waals surface area contributed by atoms with E-state index in [0.717, 1.165) is 4.31 Å². The fraction of sp³-hybridized carbons (Fsp3) is 0.444. The highest BCUT2D eigenvalue weighted by molar-refractivity contribution is 7.89. The average Bonchev–Trinajstić information content (AvgIpc) is 2.18. The van der Waals surface area contributed by atoms with Gasteiger partial charge >= 0.3 is 0 Å². The van der Waals surface area contributed by atoms with Crippen LogP contribution in [0, 0.1) is 0 Å². The largest absolute Gasteiger partial charge is 0.492 e. The zero-order valence-electron chi connectivity index (χ0n) is 8.97. The van der Waals surface area contributed by atoms with E-state index < -0.39 is 10.0 Å². The van der Waals surface area contributed by atoms with Gasteiger partial charge in [-0.05, 0) is 13.0 Å². The second-order valence-electron chi connectivity index (χ2n) is 3.04. The van der Waals surface area contributed by atoms with E-state index in [1.165, 1.54) is 26.5 Å². The maximum absolute atomic E-state index is 11.8. The molecule has 0 N–H and O–H groups in total. The van der Waals surface area contributed by atoms with Crippen molar-refractivity contribution in [2.45, 2.75) is 11.8 Å². The van der Waals surface area contributed by atoms with Crippen molar-refractivity contribution >= 4 is 10.0 Å². The van der Waals surface area contributed by atoms with Gasteiger partial charge in [0.2, 0.25) is 10.0 Å². The fourth-order valence-corrected chi connectivity index (χ4v) is 2.00. The molecule has 0 radical (unpaired) electrons. The molecule has 6 heteroatoms. The van der Waals surface area contributed by atoms with Crippen LogP contribution in [-0.4, -0.2) is 38.4 Å². The molecule has 0 amide bonds. The lowest BCUT2D eigenvalue weighted by molar-refractivity contribution is 0.329. The fourth-order valence-electron chi connectivity index (χ4n) is 1.03. The van der Waals surface area contributed by atoms with Crippen molar-refractivity contribution in [2.75, 3.05) is 20.7 Å². The Morgan fingerprint density at radius 2 is 2.13 bits per heavy atom. The van der Waals surface area contributed by atoms with Crippen LogP contribution in [0.4, 0.5) is 0 Å². The summed E-state index contributed by atoms with van der Waals surface area (Å²) in [6.45, 7) is 2.21. The minimum atomic E-state index is -3.48. The topological polar surface area (TPSA) is 59.5 Å². The Morgan fingerprint density at radius 1 is 1.47 bits per heavy atom. The number of rotatable bonds is 4. The standard InChI is InChI=1S/C9H14N2O3S/c1-4-14-8-5-6-10-7-9(8)15(12,13)11(2)3/h5-7H,4H2,1-3H3. The van der Waals surface area contributed by atoms with Gasteiger partial charge in [-0.25, -0.2) is 12.7 Å². The third-order valence-electron chi connectivity index (χ3n) is 1.81. The molecule has 0 saturated carbocycles. The number of aromatic nitrogens is 1. The van der Waals surface area contributed by atoms with Crippen LogP contribution >= 0.6 is 0 Å². The molecule has 1 rings (SSSR count). The lowest BCUT2D eigenvalue weighted by Gasteiger charge is -2.14. The lowest BCUT2D eigenvalue weighted by atomic mass is 10.4. The number of hydrogen-bond acceptors (Lipinski definition) is 4. The van der Waals surface area contributed by atoms with Crippen molar-refractivity contribution in [3.63, 3.8) is 0 Å². The molecule has 0 aliphatic rings. The molecule has 0 spiro atoms. The Balaban J connectivity index is 3.25. The molecule has 84 valence electrons. The zero-order valence-corrected chi connectivity index (χ0v) is 9.78. The van der Waals surface area contributed by atoms with Gasteiger partial charge in [-0.15, -0.1) is 0 Å². The van der Waals surface area contributed by atoms with Gasteiger partial charge in [0.05, 0.1) is 12.8 Å². The molecule has 0 saturated heterocycles. The molecule has 0 bridgehead atoms. The van der Waals surface area contributed by atoms with Crippen LogP contribution in [0.1, 0.15) is 6.92 Å². The smallest absolute Gasteiger partial charge is 0.247 e. The summed E-state index contributed by atoms with van der Waals surface area (Å²) in [6.07, 6.45) is 2.79. The quantitative estimate of drug-likeness (QED) is 0.765. The zero-order chi connectivity index (χ0) is 11.5. The first-order valence-corrected chi connectivity index (χ1v) is 5.93. The predicted octanol–water partition coefficient (Wildman–Crippen LogP) is 0.731. The third kappa shape index (κ3) is 2.45. The molecule has 5 nitrogen and oxygen atoms in total. The summed E-state index contributed by atoms with van der Waals surface area (Å²) in [6, 6.07) is 1.54. The summed E-state index contributed by atoms with van der Waals surface area (Å²) in [5.41, 5.74) is 0. The van der Waals surface area contributed by atoms with Gasteiger partial charge in [-0.3, -0.25) is 4.98 Å². The van der Waals surface area contributed by atoms with Crippen molar-refractivity contribution in [1.29, 1.82) is 0 Å². The van der Waals surface area contributed by atoms with E-state index in [9.17, 15) is 8.42 Å². The summed E-state index contributed by atoms with van der Waals surface area (Å²) in [4.78, 5) is 3.88. The highest BCUT2D eigenvalue weighted by atomic mass is 32.2. The summed E-state index contributed by atoms with van der Waals surface area (Å²) in [5, 5.41) is 0. The lowest BCUT2D eigenvalue weighted by Crippen LogP contribution is -2.23. The Labute approximate surface area is 89.7 Å². The molecule has 0 unspecified atom stereocenters. The van der Waals surface area contributed by atoms with Crippen LogP contribution in [0.3, 0.4) is 0 Å². The van der Waals surface area contributed by atoms with E-state index in [1.807, 2.05) is 0 Å². The summed E-state index contributed by atoms with van der Waals surface area (Å²) >= 11 is 0. The monoisotopic (exact) mass is 230 g/mol. The van der Waals surface area contributed by atoms with Gasteiger partial charge < -0.3 is 4.74 Å². The average molecular weight is 230 g/mol. The number of ether oxygens (including phenoxy) is 1. The van der Waals surface area contributed by atoms with Crippen LogP contribution in [0.5, 0.6) is 5.75 Å². The molecule has 0 aliphatic heterocycles. The Morgan fingerprint density at radius 3 is 2.67 bits per heavy atom. The van der Waals surface area contributed by atoms with E-state index in [0.29, 0.717) is 12.4 Å². The second-order valence-corrected chi connectivity index (χ2v) is 5.16. The highest BCUT2D eigenvalue weighted by Crippen LogP contribution is 2.23. The summed E-state index contributed by atoms with van der Waals surface area (Å²) in [7, 11) is -0.543. The van der Waals surface area contributed by atoms with Crippen LogP contribution in [0.2, 0.25) is 0 Å². The maximum atomic E-state index is 11.8. The van der Waals surface area contributed by atoms with E-state index in [2.05, 4.69) is 4.98 Å². The van der Waals surface area contributed by atoms with Crippen molar-refractivity contribution < 1.29 is 13.2 Å². The second kappa shape index (κ2) is 4.59. The van der Waals surface area contributed by atoms with Gasteiger partial charge in [0, 0.05) is 20.3 Å². The van der Waals surface area contributed by atoms with Gasteiger partial charge in [0.15, 0.2) is 0 Å². The molecule has 0 fully saturated rings. The van der Waals surface area contributed by atoms with Gasteiger partial charge in [-0.1, -0.05) is 0 Å². The van der Waals surface area contributed by atoms with Gasteiger partial charge in [0.1, 0.15) is 10.6 Å². The molecular weight excluding hydrogens is 216 g/mol. The molecule has 0 aliphatic carbocycles. The van der Waals surface area contributed by atoms with Crippen LogP contribution in [0.25, 0.3) is 0 Å². The molecule has 1 aromatic heterocycles. The van der Waals surface area contributed by atoms with Crippen molar-refractivity contribution in [1.82, 2.24) is 9.29 Å². The Hall–Kier alpha value is -1.14. The number of pyridine rings is 1. The van der Waals surface area contributed by atoms with Gasteiger partial charge in [-0.2, -0.15) is 0 Å². The highest BCUT2D eigenvalue weighted by Gasteiger charge is 2.22. The number of hydrogen-bond donors (Lipinski definition) is 0. The van der Waals surface area contributed by atoms with Crippen molar-refractivity contribution in [3.05, 3.63) is 18.5 Å². The first kappa shape index (κ1) is 11.9. The van der Waals surface area contributed by atoms with Crippen molar-refractivity contribution in [2.24, 2.45) is 0 Å². The SMILES string of the molecule is CCOc1ccncc1S(=O)(=O)N(C)C. The molecule has 0 atom stereocenters. The minimum absolute atomic E-state index is 0.0943. The molecule has 15 heavy (non-hydrogen) atoms. The number of nitrogens with zero attached hydrogens (tertiary/aromatic N) is 2. The van der Waals surface area contributed by atoms with Crippen molar-refractivity contribution in [3.8, 4) is 5.75 Å². The molecular formula is C9H14N2O3S. The molecule has 1 aromatic rings. The Bertz CT molecular complexity index is 429. The first-order valence-electron chi connectivity index (χ1n) is 4.49. The molecule has 0 aromatic carbocycles. The van der Waals surface area contributed by atoms with Crippen LogP contribution in [0.15, 0.2) is 23.4 Å². The summed E-state index contributed by atoms with van der Waals surface area (Å²) < 4.78 is 30.0. The first-order chi connectivity index (χ1) is 7.00. The predicted molar refractivity (Wildman–Crippen MR) is 56.3 cm³/mol. The maximum Gasteiger partial charge on any atom is 0.247 e. The molecule has 1 heterocycles. The van der Waals surface area contributed by atoms with E-state index >= 15 is 0 Å². The minimum Gasteiger partial charge on any atom is -0.492 e. The summed E-state index contributed by atoms with van der Waals surface area (Å²) in [5.74, 6) is 0.334. The van der Waals surface area contributed by atoms with E-state index in [1.54, 1.807) is 13.0 Å². The van der Waals surface area contributed by atoms with Gasteiger partial charge in [0.25, 0.3) is 0 Å². The van der Waals surface area contributed by atoms with Crippen LogP contribution in [-0.2, 0) is 10.0 Å². The Kier molecular flexibility index (Phi) is 3.65.